The summed E-state index contributed by atoms with van der Waals surface area (Å²) in [7, 11) is 1.93. The van der Waals surface area contributed by atoms with Gasteiger partial charge in [0.2, 0.25) is 0 Å². The SMILES string of the molecule is CN1CCc2ccc(OCC3CCN(c4ccncc4)CC3)cc2C1C(N)=NC(=O)O. The van der Waals surface area contributed by atoms with Crippen LogP contribution in [0, 0.1) is 5.92 Å². The van der Waals surface area contributed by atoms with Crippen LogP contribution in [0.15, 0.2) is 47.7 Å². The molecule has 8 heteroatoms. The van der Waals surface area contributed by atoms with Crippen molar-refractivity contribution in [3.8, 4) is 5.75 Å². The molecule has 4 rings (SSSR count). The third-order valence-corrected chi connectivity index (χ3v) is 6.22. The van der Waals surface area contributed by atoms with E-state index in [0.717, 1.165) is 55.8 Å². The number of carboxylic acid groups (broad SMARTS) is 1. The zero-order chi connectivity index (χ0) is 21.8. The molecular weight excluding hydrogens is 394 g/mol. The minimum absolute atomic E-state index is 0.0941. The Kier molecular flexibility index (Phi) is 6.36. The molecule has 1 fully saturated rings. The zero-order valence-electron chi connectivity index (χ0n) is 17.8. The highest BCUT2D eigenvalue weighted by Gasteiger charge is 2.29. The fraction of sp³-hybridized carbons (Fsp3) is 0.435. The van der Waals surface area contributed by atoms with Crippen molar-refractivity contribution in [1.29, 1.82) is 0 Å². The summed E-state index contributed by atoms with van der Waals surface area (Å²) in [5, 5.41) is 9.01. The first-order valence-electron chi connectivity index (χ1n) is 10.7. The number of piperidine rings is 1. The first-order chi connectivity index (χ1) is 15.0. The van der Waals surface area contributed by atoms with E-state index in [2.05, 4.69) is 33.1 Å². The van der Waals surface area contributed by atoms with Gasteiger partial charge in [-0.15, -0.1) is 0 Å². The van der Waals surface area contributed by atoms with E-state index in [0.29, 0.717) is 12.5 Å². The predicted molar refractivity (Wildman–Crippen MR) is 120 cm³/mol. The van der Waals surface area contributed by atoms with Gasteiger partial charge in [-0.3, -0.25) is 9.88 Å². The summed E-state index contributed by atoms with van der Waals surface area (Å²) in [6.07, 6.45) is 5.44. The van der Waals surface area contributed by atoms with Gasteiger partial charge < -0.3 is 20.5 Å². The standard InChI is InChI=1S/C23H29N5O3/c1-27-11-8-17-2-3-19(14-20(17)21(27)22(24)26-23(29)30)31-15-16-6-12-28(13-7-16)18-4-9-25-10-5-18/h2-5,9-10,14,16,21H,6-8,11-13,15H2,1H3,(H2,24,26)(H,29,30). The van der Waals surface area contributed by atoms with E-state index in [9.17, 15) is 4.79 Å². The van der Waals surface area contributed by atoms with Crippen LogP contribution in [0.1, 0.15) is 30.0 Å². The number of hydrogen-bond acceptors (Lipinski definition) is 5. The second-order valence-electron chi connectivity index (χ2n) is 8.26. The highest BCUT2D eigenvalue weighted by atomic mass is 16.5. The summed E-state index contributed by atoms with van der Waals surface area (Å²) in [6.45, 7) is 3.49. The number of benzene rings is 1. The first-order valence-corrected chi connectivity index (χ1v) is 10.7. The van der Waals surface area contributed by atoms with Crippen LogP contribution in [0.4, 0.5) is 10.5 Å². The van der Waals surface area contributed by atoms with Crippen LogP contribution in [-0.2, 0) is 6.42 Å². The number of aromatic nitrogens is 1. The summed E-state index contributed by atoms with van der Waals surface area (Å²) < 4.78 is 6.15. The van der Waals surface area contributed by atoms with Crippen molar-refractivity contribution in [2.24, 2.45) is 16.6 Å². The fourth-order valence-corrected chi connectivity index (χ4v) is 4.49. The Hall–Kier alpha value is -3.13. The average Bonchev–Trinajstić information content (AvgIpc) is 2.78. The molecule has 1 unspecified atom stereocenters. The molecule has 2 aliphatic heterocycles. The topological polar surface area (TPSA) is 104 Å². The number of nitrogens with two attached hydrogens (primary N) is 1. The number of carbonyl (C=O) groups is 1. The Morgan fingerprint density at radius 3 is 2.68 bits per heavy atom. The van der Waals surface area contributed by atoms with Crippen LogP contribution < -0.4 is 15.4 Å². The molecule has 31 heavy (non-hydrogen) atoms. The molecule has 8 nitrogen and oxygen atoms in total. The third-order valence-electron chi connectivity index (χ3n) is 6.22. The normalized spacial score (nSPS) is 20.4. The third kappa shape index (κ3) is 4.96. The highest BCUT2D eigenvalue weighted by Crippen LogP contribution is 2.32. The lowest BCUT2D eigenvalue weighted by molar-refractivity contribution is 0.205. The van der Waals surface area contributed by atoms with Gasteiger partial charge in [0.1, 0.15) is 11.6 Å². The first kappa shape index (κ1) is 21.1. The van der Waals surface area contributed by atoms with Crippen molar-refractivity contribution in [1.82, 2.24) is 9.88 Å². The Bertz CT molecular complexity index is 941. The molecule has 0 spiro atoms. The van der Waals surface area contributed by atoms with Gasteiger partial charge in [-0.2, -0.15) is 4.99 Å². The minimum Gasteiger partial charge on any atom is -0.493 e. The molecular formula is C23H29N5O3. The number of likely N-dealkylation sites (N-methyl/N-ethyl adjacent to an activating group) is 1. The molecule has 0 saturated carbocycles. The molecule has 3 N–H and O–H groups in total. The van der Waals surface area contributed by atoms with Crippen molar-refractivity contribution in [3.05, 3.63) is 53.9 Å². The highest BCUT2D eigenvalue weighted by molar-refractivity contribution is 5.94. The molecule has 164 valence electrons. The van der Waals surface area contributed by atoms with Crippen molar-refractivity contribution >= 4 is 17.6 Å². The smallest absolute Gasteiger partial charge is 0.432 e. The van der Waals surface area contributed by atoms with Crippen LogP contribution in [0.5, 0.6) is 5.75 Å². The second kappa shape index (κ2) is 9.34. The van der Waals surface area contributed by atoms with Gasteiger partial charge in [0, 0.05) is 37.7 Å². The van der Waals surface area contributed by atoms with E-state index in [1.165, 1.54) is 5.69 Å². The molecule has 1 amide bonds. The number of pyridine rings is 1. The van der Waals surface area contributed by atoms with Crippen LogP contribution in [0.3, 0.4) is 0 Å². The molecule has 2 aromatic rings. The number of ether oxygens (including phenoxy) is 1. The van der Waals surface area contributed by atoms with Gasteiger partial charge in [-0.25, -0.2) is 4.79 Å². The van der Waals surface area contributed by atoms with E-state index in [-0.39, 0.29) is 11.9 Å². The monoisotopic (exact) mass is 423 g/mol. The van der Waals surface area contributed by atoms with E-state index < -0.39 is 6.09 Å². The predicted octanol–water partition coefficient (Wildman–Crippen LogP) is 2.94. The number of rotatable bonds is 5. The molecule has 1 atom stereocenters. The van der Waals surface area contributed by atoms with Gasteiger partial charge in [0.25, 0.3) is 0 Å². The zero-order valence-corrected chi connectivity index (χ0v) is 17.8. The lowest BCUT2D eigenvalue weighted by Crippen LogP contribution is -2.40. The Balaban J connectivity index is 1.39. The van der Waals surface area contributed by atoms with Crippen LogP contribution >= 0.6 is 0 Å². The van der Waals surface area contributed by atoms with Crippen molar-refractivity contribution in [2.45, 2.75) is 25.3 Å². The fourth-order valence-electron chi connectivity index (χ4n) is 4.49. The number of fused-ring (bicyclic) bond motifs is 1. The van der Waals surface area contributed by atoms with Crippen molar-refractivity contribution < 1.29 is 14.6 Å². The molecule has 2 aliphatic rings. The van der Waals surface area contributed by atoms with E-state index in [1.54, 1.807) is 0 Å². The maximum atomic E-state index is 11.0. The Morgan fingerprint density at radius 1 is 1.23 bits per heavy atom. The maximum Gasteiger partial charge on any atom is 0.432 e. The number of amides is 1. The van der Waals surface area contributed by atoms with Gasteiger partial charge in [-0.05, 0) is 67.6 Å². The minimum atomic E-state index is -1.27. The molecule has 1 saturated heterocycles. The number of aliphatic imine (C=N–C) groups is 1. The molecule has 1 aromatic heterocycles. The van der Waals surface area contributed by atoms with Gasteiger partial charge in [0.05, 0.1) is 12.6 Å². The summed E-state index contributed by atoms with van der Waals surface area (Å²) in [4.78, 5) is 23.1. The van der Waals surface area contributed by atoms with Gasteiger partial charge in [-0.1, -0.05) is 6.07 Å². The Labute approximate surface area is 182 Å². The average molecular weight is 424 g/mol. The van der Waals surface area contributed by atoms with E-state index in [1.807, 2.05) is 36.5 Å². The largest absolute Gasteiger partial charge is 0.493 e. The summed E-state index contributed by atoms with van der Waals surface area (Å²) in [5.41, 5.74) is 9.39. The molecule has 1 aromatic carbocycles. The van der Waals surface area contributed by atoms with Crippen LogP contribution in [0.2, 0.25) is 0 Å². The van der Waals surface area contributed by atoms with E-state index in [4.69, 9.17) is 15.6 Å². The maximum absolute atomic E-state index is 11.0. The van der Waals surface area contributed by atoms with E-state index >= 15 is 0 Å². The Morgan fingerprint density at radius 2 is 1.97 bits per heavy atom. The number of nitrogens with zero attached hydrogens (tertiary/aromatic N) is 4. The quantitative estimate of drug-likeness (QED) is 0.563. The molecule has 3 heterocycles. The van der Waals surface area contributed by atoms with Crippen LogP contribution in [0.25, 0.3) is 0 Å². The van der Waals surface area contributed by atoms with Crippen LogP contribution in [-0.4, -0.2) is 60.2 Å². The summed E-state index contributed by atoms with van der Waals surface area (Å²) >= 11 is 0. The number of anilines is 1. The molecule has 0 aliphatic carbocycles. The summed E-state index contributed by atoms with van der Waals surface area (Å²) in [5.74, 6) is 1.39. The van der Waals surface area contributed by atoms with Gasteiger partial charge in [0.15, 0.2) is 0 Å². The lowest BCUT2D eigenvalue weighted by atomic mass is 9.92. The summed E-state index contributed by atoms with van der Waals surface area (Å²) in [6, 6.07) is 9.80. The number of amidine groups is 1. The molecule has 0 radical (unpaired) electrons. The second-order valence-corrected chi connectivity index (χ2v) is 8.26. The van der Waals surface area contributed by atoms with Crippen molar-refractivity contribution in [2.75, 3.05) is 38.2 Å². The molecule has 0 bridgehead atoms. The lowest BCUT2D eigenvalue weighted by Gasteiger charge is -2.35. The van der Waals surface area contributed by atoms with Gasteiger partial charge >= 0.3 is 6.09 Å². The van der Waals surface area contributed by atoms with Crippen molar-refractivity contribution in [3.63, 3.8) is 0 Å². The number of hydrogen-bond donors (Lipinski definition) is 2.